The first-order chi connectivity index (χ1) is 7.54. The van der Waals surface area contributed by atoms with Crippen LogP contribution in [-0.2, 0) is 11.2 Å². The van der Waals surface area contributed by atoms with E-state index in [2.05, 4.69) is 9.97 Å². The summed E-state index contributed by atoms with van der Waals surface area (Å²) in [4.78, 5) is 29.2. The van der Waals surface area contributed by atoms with Gasteiger partial charge in [-0.3, -0.25) is 9.59 Å². The minimum atomic E-state index is -0.722. The molecule has 1 amide bonds. The van der Waals surface area contributed by atoms with Crippen LogP contribution in [0.1, 0.15) is 36.1 Å². The molecule has 0 saturated heterocycles. The number of imidazole rings is 1. The predicted octanol–water partition coefficient (Wildman–Crippen LogP) is -0.252. The lowest BCUT2D eigenvalue weighted by Crippen LogP contribution is -2.32. The third-order valence-electron chi connectivity index (χ3n) is 2.26. The lowest BCUT2D eigenvalue weighted by atomic mass is 10.1. The van der Waals surface area contributed by atoms with E-state index in [0.717, 1.165) is 12.2 Å². The van der Waals surface area contributed by atoms with Crippen molar-refractivity contribution < 1.29 is 9.59 Å². The fourth-order valence-corrected chi connectivity index (χ4v) is 1.29. The van der Waals surface area contributed by atoms with Gasteiger partial charge in [-0.05, 0) is 6.42 Å². The Morgan fingerprint density at radius 2 is 2.25 bits per heavy atom. The molecule has 1 aromatic rings. The van der Waals surface area contributed by atoms with Gasteiger partial charge >= 0.3 is 0 Å². The highest BCUT2D eigenvalue weighted by Gasteiger charge is 2.18. The fourth-order valence-electron chi connectivity index (χ4n) is 1.29. The molecule has 1 atom stereocenters. The molecule has 0 aliphatic carbocycles. The van der Waals surface area contributed by atoms with Crippen LogP contribution in [0.3, 0.4) is 0 Å². The smallest absolute Gasteiger partial charge is 0.217 e. The fraction of sp³-hybridized carbons (Fsp3) is 0.500. The standard InChI is InChI=1S/C10H16N4O2/c1-2-9-13-5-7(14-9)10(16)6(11)3-4-8(12)15/h5-6H,2-4,11H2,1H3,(H2,12,15)(H,13,14). The Hall–Kier alpha value is -1.69. The maximum Gasteiger partial charge on any atom is 0.217 e. The van der Waals surface area contributed by atoms with Crippen molar-refractivity contribution in [2.75, 3.05) is 0 Å². The third-order valence-corrected chi connectivity index (χ3v) is 2.26. The van der Waals surface area contributed by atoms with Crippen molar-refractivity contribution in [1.29, 1.82) is 0 Å². The SMILES string of the molecule is CCc1nc(C(=O)C(N)CCC(N)=O)c[nH]1. The number of aromatic amines is 1. The molecule has 0 spiro atoms. The van der Waals surface area contributed by atoms with Gasteiger partial charge in [-0.2, -0.15) is 0 Å². The first-order valence-corrected chi connectivity index (χ1v) is 5.17. The highest BCUT2D eigenvalue weighted by atomic mass is 16.1. The largest absolute Gasteiger partial charge is 0.370 e. The summed E-state index contributed by atoms with van der Waals surface area (Å²) < 4.78 is 0. The van der Waals surface area contributed by atoms with Gasteiger partial charge in [0.2, 0.25) is 5.91 Å². The lowest BCUT2D eigenvalue weighted by Gasteiger charge is -2.06. The Labute approximate surface area is 93.4 Å². The number of carbonyl (C=O) groups excluding carboxylic acids is 2. The molecule has 0 saturated carbocycles. The molecule has 1 heterocycles. The second-order valence-electron chi connectivity index (χ2n) is 3.56. The molecule has 0 aliphatic rings. The zero-order chi connectivity index (χ0) is 12.1. The summed E-state index contributed by atoms with van der Waals surface area (Å²) in [5, 5.41) is 0. The molecule has 6 nitrogen and oxygen atoms in total. The summed E-state index contributed by atoms with van der Waals surface area (Å²) in [6, 6.07) is -0.722. The number of hydrogen-bond acceptors (Lipinski definition) is 4. The van der Waals surface area contributed by atoms with Gasteiger partial charge in [0.1, 0.15) is 11.5 Å². The van der Waals surface area contributed by atoms with E-state index in [1.807, 2.05) is 6.92 Å². The van der Waals surface area contributed by atoms with Crippen LogP contribution < -0.4 is 11.5 Å². The molecule has 0 bridgehead atoms. The van der Waals surface area contributed by atoms with Crippen LogP contribution in [0.25, 0.3) is 0 Å². The summed E-state index contributed by atoms with van der Waals surface area (Å²) in [6.07, 6.45) is 2.62. The van der Waals surface area contributed by atoms with Gasteiger partial charge in [0, 0.05) is 19.0 Å². The van der Waals surface area contributed by atoms with Crippen molar-refractivity contribution in [2.24, 2.45) is 11.5 Å². The van der Waals surface area contributed by atoms with Crippen LogP contribution in [-0.4, -0.2) is 27.7 Å². The predicted molar refractivity (Wildman–Crippen MR) is 58.7 cm³/mol. The number of H-pyrrole nitrogens is 1. The molecule has 1 unspecified atom stereocenters. The molecule has 1 rings (SSSR count). The van der Waals surface area contributed by atoms with E-state index < -0.39 is 11.9 Å². The second-order valence-corrected chi connectivity index (χ2v) is 3.56. The molecular formula is C10H16N4O2. The Balaban J connectivity index is 2.59. The summed E-state index contributed by atoms with van der Waals surface area (Å²) in [5.41, 5.74) is 10.9. The van der Waals surface area contributed by atoms with Crippen LogP contribution in [0.5, 0.6) is 0 Å². The number of primary amides is 1. The quantitative estimate of drug-likeness (QED) is 0.578. The maximum absolute atomic E-state index is 11.7. The molecule has 0 aliphatic heterocycles. The van der Waals surface area contributed by atoms with E-state index in [-0.39, 0.29) is 18.6 Å². The van der Waals surface area contributed by atoms with Gasteiger partial charge in [0.15, 0.2) is 5.78 Å². The number of aromatic nitrogens is 2. The van der Waals surface area contributed by atoms with Gasteiger partial charge in [-0.25, -0.2) is 4.98 Å². The number of nitrogens with one attached hydrogen (secondary N) is 1. The Kier molecular flexibility index (Phi) is 4.19. The van der Waals surface area contributed by atoms with Crippen LogP contribution in [0.2, 0.25) is 0 Å². The molecule has 88 valence electrons. The van der Waals surface area contributed by atoms with Crippen molar-refractivity contribution >= 4 is 11.7 Å². The van der Waals surface area contributed by atoms with E-state index in [9.17, 15) is 9.59 Å². The summed E-state index contributed by atoms with van der Waals surface area (Å²) in [7, 11) is 0. The molecule has 5 N–H and O–H groups in total. The zero-order valence-corrected chi connectivity index (χ0v) is 9.19. The number of nitrogens with zero attached hydrogens (tertiary/aromatic N) is 1. The highest BCUT2D eigenvalue weighted by molar-refractivity contribution is 5.98. The summed E-state index contributed by atoms with van der Waals surface area (Å²) in [5.74, 6) is 0.0159. The van der Waals surface area contributed by atoms with Gasteiger partial charge in [-0.15, -0.1) is 0 Å². The molecule has 0 aromatic carbocycles. The lowest BCUT2D eigenvalue weighted by molar-refractivity contribution is -0.118. The van der Waals surface area contributed by atoms with Crippen LogP contribution >= 0.6 is 0 Å². The van der Waals surface area contributed by atoms with Gasteiger partial charge in [0.05, 0.1) is 6.04 Å². The number of ketones is 1. The number of rotatable bonds is 6. The van der Waals surface area contributed by atoms with Crippen molar-refractivity contribution in [3.05, 3.63) is 17.7 Å². The van der Waals surface area contributed by atoms with Crippen molar-refractivity contribution in [2.45, 2.75) is 32.2 Å². The summed E-state index contributed by atoms with van der Waals surface area (Å²) >= 11 is 0. The molecule has 16 heavy (non-hydrogen) atoms. The highest BCUT2D eigenvalue weighted by Crippen LogP contribution is 2.05. The van der Waals surface area contributed by atoms with Crippen LogP contribution in [0.4, 0.5) is 0 Å². The van der Waals surface area contributed by atoms with E-state index in [0.29, 0.717) is 5.69 Å². The number of hydrogen-bond donors (Lipinski definition) is 3. The van der Waals surface area contributed by atoms with Crippen LogP contribution in [0, 0.1) is 0 Å². The molecule has 6 heteroatoms. The van der Waals surface area contributed by atoms with Gasteiger partial charge in [-0.1, -0.05) is 6.92 Å². The van der Waals surface area contributed by atoms with Crippen LogP contribution in [0.15, 0.2) is 6.20 Å². The Bertz CT molecular complexity index is 386. The molecular weight excluding hydrogens is 208 g/mol. The monoisotopic (exact) mass is 224 g/mol. The second kappa shape index (κ2) is 5.41. The average molecular weight is 224 g/mol. The summed E-state index contributed by atoms with van der Waals surface area (Å²) in [6.45, 7) is 1.93. The van der Waals surface area contributed by atoms with Crippen molar-refractivity contribution in [3.8, 4) is 0 Å². The molecule has 1 aromatic heterocycles. The van der Waals surface area contributed by atoms with Crippen molar-refractivity contribution in [1.82, 2.24) is 9.97 Å². The maximum atomic E-state index is 11.7. The van der Waals surface area contributed by atoms with Gasteiger partial charge < -0.3 is 16.5 Å². The topological polar surface area (TPSA) is 115 Å². The van der Waals surface area contributed by atoms with E-state index in [4.69, 9.17) is 11.5 Å². The number of nitrogens with two attached hydrogens (primary N) is 2. The minimum absolute atomic E-state index is 0.109. The molecule has 0 radical (unpaired) electrons. The van der Waals surface area contributed by atoms with Crippen molar-refractivity contribution in [3.63, 3.8) is 0 Å². The third kappa shape index (κ3) is 3.16. The average Bonchev–Trinajstić information content (AvgIpc) is 2.73. The van der Waals surface area contributed by atoms with E-state index in [1.54, 1.807) is 0 Å². The number of amides is 1. The first-order valence-electron chi connectivity index (χ1n) is 5.17. The Morgan fingerprint density at radius 3 is 2.75 bits per heavy atom. The van der Waals surface area contributed by atoms with Gasteiger partial charge in [0.25, 0.3) is 0 Å². The Morgan fingerprint density at radius 1 is 1.56 bits per heavy atom. The normalized spacial score (nSPS) is 12.4. The number of Topliss-reactive ketones (excluding diaryl/α,β-unsaturated/α-hetero) is 1. The number of carbonyl (C=O) groups is 2. The minimum Gasteiger partial charge on any atom is -0.370 e. The van der Waals surface area contributed by atoms with E-state index >= 15 is 0 Å². The zero-order valence-electron chi connectivity index (χ0n) is 9.19. The van der Waals surface area contributed by atoms with E-state index in [1.165, 1.54) is 6.20 Å². The molecule has 0 fully saturated rings. The first kappa shape index (κ1) is 12.4. The number of aryl methyl sites for hydroxylation is 1.